The minimum absolute atomic E-state index is 0.00396. The van der Waals surface area contributed by atoms with E-state index in [0.29, 0.717) is 11.2 Å². The maximum atomic E-state index is 13.2. The van der Waals surface area contributed by atoms with E-state index in [2.05, 4.69) is 20.0 Å². The summed E-state index contributed by atoms with van der Waals surface area (Å²) in [7, 11) is -3.74. The summed E-state index contributed by atoms with van der Waals surface area (Å²) in [4.78, 5) is 23.0. The Labute approximate surface area is 189 Å². The molecule has 2 unspecified atom stereocenters. The SMILES string of the molecule is CC(COC(=O)C(C)C)NP1(=O)OC[C@H]2O[C@@H](n3cnc4c(N)ncnc43)[C@](C)(Cl)[C@@H]2O1. The summed E-state index contributed by atoms with van der Waals surface area (Å²) in [5.74, 6) is -0.369. The largest absolute Gasteiger partial charge is 0.464 e. The second-order valence-corrected chi connectivity index (χ2v) is 10.9. The van der Waals surface area contributed by atoms with Gasteiger partial charge in [0.15, 0.2) is 17.7 Å². The van der Waals surface area contributed by atoms with E-state index in [0.717, 1.165) is 0 Å². The van der Waals surface area contributed by atoms with Gasteiger partial charge in [-0.1, -0.05) is 13.8 Å². The van der Waals surface area contributed by atoms with Gasteiger partial charge in [-0.15, -0.1) is 11.6 Å². The molecule has 176 valence electrons. The van der Waals surface area contributed by atoms with Crippen LogP contribution in [0.1, 0.15) is 33.9 Å². The van der Waals surface area contributed by atoms with Gasteiger partial charge in [0.05, 0.1) is 18.9 Å². The fraction of sp³-hybridized carbons (Fsp3) is 0.667. The Balaban J connectivity index is 1.49. The van der Waals surface area contributed by atoms with Gasteiger partial charge in [0.25, 0.3) is 0 Å². The van der Waals surface area contributed by atoms with E-state index in [1.165, 1.54) is 12.7 Å². The molecule has 3 N–H and O–H groups in total. The van der Waals surface area contributed by atoms with Gasteiger partial charge < -0.3 is 15.2 Å². The number of imidazole rings is 1. The van der Waals surface area contributed by atoms with Crippen molar-refractivity contribution in [3.8, 4) is 0 Å². The summed E-state index contributed by atoms with van der Waals surface area (Å²) < 4.78 is 37.5. The highest BCUT2D eigenvalue weighted by Gasteiger charge is 2.59. The third-order valence-electron chi connectivity index (χ3n) is 5.31. The Hall–Kier alpha value is -1.82. The van der Waals surface area contributed by atoms with Crippen molar-refractivity contribution in [2.75, 3.05) is 18.9 Å². The van der Waals surface area contributed by atoms with Crippen LogP contribution in [-0.2, 0) is 27.9 Å². The van der Waals surface area contributed by atoms with Crippen LogP contribution in [0.2, 0.25) is 0 Å². The van der Waals surface area contributed by atoms with E-state index in [9.17, 15) is 9.36 Å². The summed E-state index contributed by atoms with van der Waals surface area (Å²) >= 11 is 6.89. The van der Waals surface area contributed by atoms with Crippen molar-refractivity contribution in [2.45, 2.75) is 57.0 Å². The van der Waals surface area contributed by atoms with Gasteiger partial charge in [-0.3, -0.25) is 18.4 Å². The molecule has 6 atom stereocenters. The third-order valence-corrected chi connectivity index (χ3v) is 7.46. The monoisotopic (exact) mass is 488 g/mol. The smallest absolute Gasteiger partial charge is 0.406 e. The van der Waals surface area contributed by atoms with Gasteiger partial charge in [-0.2, -0.15) is 0 Å². The Bertz CT molecular complexity index is 1060. The molecule has 12 nitrogen and oxygen atoms in total. The van der Waals surface area contributed by atoms with Crippen LogP contribution in [0.5, 0.6) is 0 Å². The van der Waals surface area contributed by atoms with Crippen molar-refractivity contribution in [1.29, 1.82) is 0 Å². The van der Waals surface area contributed by atoms with Gasteiger partial charge in [0.2, 0.25) is 0 Å². The molecule has 0 saturated carbocycles. The van der Waals surface area contributed by atoms with Crippen molar-refractivity contribution in [3.05, 3.63) is 12.7 Å². The van der Waals surface area contributed by atoms with Crippen molar-refractivity contribution < 1.29 is 27.9 Å². The number of nitrogens with two attached hydrogens (primary N) is 1. The van der Waals surface area contributed by atoms with Gasteiger partial charge in [0.1, 0.15) is 35.5 Å². The van der Waals surface area contributed by atoms with Gasteiger partial charge in [-0.25, -0.2) is 24.6 Å². The Kier molecular flexibility index (Phi) is 6.21. The molecule has 14 heteroatoms. The number of fused-ring (bicyclic) bond motifs is 2. The van der Waals surface area contributed by atoms with E-state index in [4.69, 9.17) is 35.9 Å². The molecule has 4 heterocycles. The van der Waals surface area contributed by atoms with Crippen LogP contribution >= 0.6 is 19.3 Å². The second kappa shape index (κ2) is 8.51. The number of rotatable bonds is 6. The zero-order valence-electron chi connectivity index (χ0n) is 18.1. The molecule has 2 aromatic rings. The first-order chi connectivity index (χ1) is 15.0. The predicted octanol–water partition coefficient (Wildman–Crippen LogP) is 2.00. The summed E-state index contributed by atoms with van der Waals surface area (Å²) in [5.41, 5.74) is 6.75. The van der Waals surface area contributed by atoms with Crippen LogP contribution in [0.3, 0.4) is 0 Å². The maximum Gasteiger partial charge on any atom is 0.406 e. The maximum absolute atomic E-state index is 13.2. The van der Waals surface area contributed by atoms with E-state index in [1.54, 1.807) is 32.3 Å². The Morgan fingerprint density at radius 3 is 2.91 bits per heavy atom. The molecule has 4 rings (SSSR count). The first kappa shape index (κ1) is 23.3. The van der Waals surface area contributed by atoms with Crippen LogP contribution in [0.25, 0.3) is 11.2 Å². The van der Waals surface area contributed by atoms with Gasteiger partial charge in [-0.05, 0) is 13.8 Å². The van der Waals surface area contributed by atoms with E-state index < -0.39 is 37.1 Å². The van der Waals surface area contributed by atoms with Crippen molar-refractivity contribution >= 4 is 42.3 Å². The average molecular weight is 489 g/mol. The lowest BCUT2D eigenvalue weighted by Crippen LogP contribution is -2.46. The zero-order valence-corrected chi connectivity index (χ0v) is 19.7. The molecule has 2 aromatic heterocycles. The van der Waals surface area contributed by atoms with Crippen LogP contribution in [-0.4, -0.2) is 61.8 Å². The third kappa shape index (κ3) is 4.23. The topological polar surface area (TPSA) is 153 Å². The number of esters is 1. The number of carbonyl (C=O) groups excluding carboxylic acids is 1. The molecule has 0 amide bonds. The standard InChI is InChI=1S/C18H26ClN6O6P/c1-9(2)16(26)28-5-10(3)24-32(27)29-6-11-13(31-32)18(4,19)17(30-11)25-8-23-12-14(20)21-7-22-15(12)25/h7-11,13,17H,5-6H2,1-4H3,(H,24,27)(H2,20,21,22)/t10?,11-,13-,17-,18-,32?/m1/s1. The number of alkyl halides is 1. The van der Waals surface area contributed by atoms with Crippen LogP contribution in [0.4, 0.5) is 5.82 Å². The highest BCUT2D eigenvalue weighted by molar-refractivity contribution is 7.51. The Morgan fingerprint density at radius 2 is 2.19 bits per heavy atom. The number of ether oxygens (including phenoxy) is 2. The quantitative estimate of drug-likeness (QED) is 0.348. The van der Waals surface area contributed by atoms with Crippen molar-refractivity contribution in [2.24, 2.45) is 5.92 Å². The molecule has 32 heavy (non-hydrogen) atoms. The number of nitrogen functional groups attached to an aromatic ring is 1. The number of hydrogen-bond donors (Lipinski definition) is 2. The van der Waals surface area contributed by atoms with Crippen LogP contribution in [0, 0.1) is 5.92 Å². The zero-order chi connectivity index (χ0) is 23.3. The van der Waals surface area contributed by atoms with Gasteiger partial charge >= 0.3 is 13.7 Å². The second-order valence-electron chi connectivity index (χ2n) is 8.40. The lowest BCUT2D eigenvalue weighted by Gasteiger charge is -2.36. The minimum atomic E-state index is -3.74. The van der Waals surface area contributed by atoms with E-state index in [-0.39, 0.29) is 30.9 Å². The van der Waals surface area contributed by atoms with Crippen molar-refractivity contribution in [3.63, 3.8) is 0 Å². The molecule has 0 bridgehead atoms. The summed E-state index contributed by atoms with van der Waals surface area (Å²) in [6, 6.07) is -0.475. The molecular formula is C18H26ClN6O6P. The molecule has 0 aromatic carbocycles. The number of nitrogens with zero attached hydrogens (tertiary/aromatic N) is 4. The molecule has 0 radical (unpaired) electrons. The number of nitrogens with one attached hydrogen (secondary N) is 1. The lowest BCUT2D eigenvalue weighted by atomic mass is 10.0. The first-order valence-electron chi connectivity index (χ1n) is 10.2. The summed E-state index contributed by atoms with van der Waals surface area (Å²) in [6.45, 7) is 6.91. The summed E-state index contributed by atoms with van der Waals surface area (Å²) in [6.07, 6.45) is 0.773. The van der Waals surface area contributed by atoms with E-state index in [1.807, 2.05) is 0 Å². The number of hydrogen-bond acceptors (Lipinski definition) is 10. The Morgan fingerprint density at radius 1 is 1.44 bits per heavy atom. The number of anilines is 1. The normalized spacial score (nSPS) is 33.4. The lowest BCUT2D eigenvalue weighted by molar-refractivity contribution is -0.147. The number of carbonyl (C=O) groups is 1. The predicted molar refractivity (Wildman–Crippen MR) is 115 cm³/mol. The number of aromatic nitrogens is 4. The highest BCUT2D eigenvalue weighted by Crippen LogP contribution is 2.57. The molecule has 2 aliphatic heterocycles. The average Bonchev–Trinajstić information content (AvgIpc) is 3.25. The van der Waals surface area contributed by atoms with Gasteiger partial charge in [0, 0.05) is 6.04 Å². The van der Waals surface area contributed by atoms with Crippen molar-refractivity contribution in [1.82, 2.24) is 24.6 Å². The molecule has 2 aliphatic rings. The molecule has 0 aliphatic carbocycles. The minimum Gasteiger partial charge on any atom is -0.464 e. The molecule has 2 saturated heterocycles. The number of halogens is 1. The molecular weight excluding hydrogens is 463 g/mol. The van der Waals surface area contributed by atoms with Crippen LogP contribution in [0.15, 0.2) is 12.7 Å². The highest BCUT2D eigenvalue weighted by atomic mass is 35.5. The fourth-order valence-corrected chi connectivity index (χ4v) is 5.86. The first-order valence-corrected chi connectivity index (χ1v) is 12.1. The fourth-order valence-electron chi connectivity index (χ4n) is 3.65. The summed E-state index contributed by atoms with van der Waals surface area (Å²) in [5, 5.41) is 2.79. The van der Waals surface area contributed by atoms with Crippen LogP contribution < -0.4 is 10.8 Å². The molecule has 2 fully saturated rings. The van der Waals surface area contributed by atoms with E-state index >= 15 is 0 Å². The molecule has 0 spiro atoms.